The third kappa shape index (κ3) is 2.37. The van der Waals surface area contributed by atoms with Crippen molar-refractivity contribution in [2.24, 2.45) is 17.3 Å². The van der Waals surface area contributed by atoms with Crippen LogP contribution in [0.5, 0.6) is 11.6 Å². The van der Waals surface area contributed by atoms with Crippen molar-refractivity contribution in [3.05, 3.63) is 45.1 Å². The molecule has 0 saturated heterocycles. The molecule has 0 aliphatic carbocycles. The van der Waals surface area contributed by atoms with Crippen molar-refractivity contribution in [3.8, 4) is 11.6 Å². The second-order valence-corrected chi connectivity index (χ2v) is 3.68. The van der Waals surface area contributed by atoms with Gasteiger partial charge in [0.2, 0.25) is 11.6 Å². The monoisotopic (exact) mass is 262 g/mol. The second kappa shape index (κ2) is 4.77. The zero-order chi connectivity index (χ0) is 14.0. The van der Waals surface area contributed by atoms with Gasteiger partial charge in [-0.15, -0.1) is 10.2 Å². The Labute approximate surface area is 106 Å². The molecular weight excluding hydrogens is 252 g/mol. The lowest BCUT2D eigenvalue weighted by atomic mass is 10.3. The average Bonchev–Trinajstić information content (AvgIpc) is 2.38. The number of hydrogen-bond acceptors (Lipinski definition) is 6. The quantitative estimate of drug-likeness (QED) is 0.696. The van der Waals surface area contributed by atoms with Crippen LogP contribution in [0.4, 0.5) is 11.4 Å². The van der Waals surface area contributed by atoms with Crippen LogP contribution in [-0.2, 0) is 7.05 Å². The van der Waals surface area contributed by atoms with Gasteiger partial charge in [-0.2, -0.15) is 0 Å². The Bertz CT molecular complexity index is 760. The van der Waals surface area contributed by atoms with Crippen LogP contribution in [0, 0.1) is 0 Å². The Balaban J connectivity index is 2.51. The van der Waals surface area contributed by atoms with Crippen LogP contribution in [0.2, 0.25) is 0 Å². The fourth-order valence-electron chi connectivity index (χ4n) is 1.34. The van der Waals surface area contributed by atoms with Crippen LogP contribution >= 0.6 is 0 Å². The summed E-state index contributed by atoms with van der Waals surface area (Å²) in [4.78, 5) is 24.6. The van der Waals surface area contributed by atoms with E-state index >= 15 is 0 Å². The van der Waals surface area contributed by atoms with E-state index in [1.807, 2.05) is 4.98 Å². The van der Waals surface area contributed by atoms with Gasteiger partial charge in [0.15, 0.2) is 0 Å². The van der Waals surface area contributed by atoms with E-state index in [0.29, 0.717) is 0 Å². The molecule has 3 N–H and O–H groups in total. The van der Waals surface area contributed by atoms with Crippen molar-refractivity contribution >= 4 is 11.4 Å². The van der Waals surface area contributed by atoms with Crippen LogP contribution in [-0.4, -0.2) is 19.8 Å². The Morgan fingerprint density at radius 1 is 1.16 bits per heavy atom. The molecule has 0 saturated carbocycles. The van der Waals surface area contributed by atoms with Crippen molar-refractivity contribution < 1.29 is 10.2 Å². The number of phenolic OH excluding ortho intramolecular Hbond substituents is 1. The standard InChI is InChI=1S/C11H10N4O4/c1-15-10(18)8(9(17)12-11(15)19)14-13-6-4-2-3-5-7(6)16/h2-5,16,18H,1H3,(H,12,17,19). The number of H-pyrrole nitrogens is 1. The number of aromatic hydroxyl groups is 2. The van der Waals surface area contributed by atoms with Crippen LogP contribution in [0.15, 0.2) is 44.1 Å². The molecule has 98 valence electrons. The smallest absolute Gasteiger partial charge is 0.330 e. The number of benzene rings is 1. The van der Waals surface area contributed by atoms with E-state index in [-0.39, 0.29) is 11.4 Å². The van der Waals surface area contributed by atoms with Gasteiger partial charge in [-0.05, 0) is 12.1 Å². The number of nitrogens with zero attached hydrogens (tertiary/aromatic N) is 3. The molecule has 1 heterocycles. The number of azo groups is 1. The van der Waals surface area contributed by atoms with Gasteiger partial charge in [0, 0.05) is 7.05 Å². The predicted octanol–water partition coefficient (Wildman–Crippen LogP) is 0.900. The molecule has 19 heavy (non-hydrogen) atoms. The molecule has 8 heteroatoms. The summed E-state index contributed by atoms with van der Waals surface area (Å²) in [5.41, 5.74) is -1.90. The normalized spacial score (nSPS) is 11.0. The highest BCUT2D eigenvalue weighted by molar-refractivity contribution is 5.51. The molecule has 1 aromatic carbocycles. The molecule has 0 aliphatic heterocycles. The van der Waals surface area contributed by atoms with Crippen LogP contribution in [0.1, 0.15) is 0 Å². The maximum absolute atomic E-state index is 11.5. The largest absolute Gasteiger partial charge is 0.506 e. The first kappa shape index (κ1) is 12.6. The molecule has 0 spiro atoms. The number of nitrogens with one attached hydrogen (secondary N) is 1. The molecule has 0 unspecified atom stereocenters. The number of para-hydroxylation sites is 1. The minimum Gasteiger partial charge on any atom is -0.506 e. The first-order valence-corrected chi connectivity index (χ1v) is 5.22. The van der Waals surface area contributed by atoms with Gasteiger partial charge in [0.05, 0.1) is 0 Å². The Morgan fingerprint density at radius 2 is 1.84 bits per heavy atom. The summed E-state index contributed by atoms with van der Waals surface area (Å²) in [5, 5.41) is 26.3. The number of aromatic amines is 1. The zero-order valence-corrected chi connectivity index (χ0v) is 9.86. The molecule has 0 fully saturated rings. The topological polar surface area (TPSA) is 120 Å². The third-order valence-corrected chi connectivity index (χ3v) is 2.41. The van der Waals surface area contributed by atoms with Gasteiger partial charge >= 0.3 is 5.69 Å². The molecule has 0 bridgehead atoms. The van der Waals surface area contributed by atoms with Gasteiger partial charge in [0.25, 0.3) is 5.56 Å². The van der Waals surface area contributed by atoms with E-state index in [0.717, 1.165) is 4.57 Å². The highest BCUT2D eigenvalue weighted by Crippen LogP contribution is 2.28. The number of phenols is 1. The first-order chi connectivity index (χ1) is 9.00. The molecular formula is C11H10N4O4. The Morgan fingerprint density at radius 3 is 2.53 bits per heavy atom. The van der Waals surface area contributed by atoms with Gasteiger partial charge < -0.3 is 10.2 Å². The van der Waals surface area contributed by atoms with E-state index in [1.54, 1.807) is 12.1 Å². The van der Waals surface area contributed by atoms with Crippen molar-refractivity contribution in [2.75, 3.05) is 0 Å². The Kier molecular flexibility index (Phi) is 3.15. The van der Waals surface area contributed by atoms with Gasteiger partial charge in [0.1, 0.15) is 11.4 Å². The molecule has 2 aromatic rings. The summed E-state index contributed by atoms with van der Waals surface area (Å²) in [6.45, 7) is 0. The highest BCUT2D eigenvalue weighted by atomic mass is 16.3. The van der Waals surface area contributed by atoms with Crippen LogP contribution in [0.25, 0.3) is 0 Å². The first-order valence-electron chi connectivity index (χ1n) is 5.22. The molecule has 0 aliphatic rings. The lowest BCUT2D eigenvalue weighted by Crippen LogP contribution is -2.27. The molecule has 0 amide bonds. The minimum atomic E-state index is -0.861. The maximum atomic E-state index is 11.5. The summed E-state index contributed by atoms with van der Waals surface area (Å²) in [6.07, 6.45) is 0. The number of rotatable bonds is 2. The summed E-state index contributed by atoms with van der Waals surface area (Å²) in [7, 11) is 1.27. The minimum absolute atomic E-state index is 0.119. The van der Waals surface area contributed by atoms with Crippen LogP contribution < -0.4 is 11.2 Å². The van der Waals surface area contributed by atoms with E-state index < -0.39 is 22.8 Å². The van der Waals surface area contributed by atoms with Gasteiger partial charge in [-0.1, -0.05) is 12.1 Å². The van der Waals surface area contributed by atoms with Gasteiger partial charge in [-0.25, -0.2) is 4.79 Å². The molecule has 2 rings (SSSR count). The molecule has 8 nitrogen and oxygen atoms in total. The summed E-state index contributed by atoms with van der Waals surface area (Å²) < 4.78 is 0.820. The van der Waals surface area contributed by atoms with E-state index in [1.165, 1.54) is 19.2 Å². The average molecular weight is 262 g/mol. The lowest BCUT2D eigenvalue weighted by molar-refractivity contribution is 0.419. The number of hydrogen-bond donors (Lipinski definition) is 3. The fourth-order valence-corrected chi connectivity index (χ4v) is 1.34. The van der Waals surface area contributed by atoms with Crippen molar-refractivity contribution in [1.29, 1.82) is 0 Å². The van der Waals surface area contributed by atoms with E-state index in [4.69, 9.17) is 0 Å². The van der Waals surface area contributed by atoms with Gasteiger partial charge in [-0.3, -0.25) is 14.3 Å². The predicted molar refractivity (Wildman–Crippen MR) is 66.3 cm³/mol. The SMILES string of the molecule is Cn1c(O)c(N=Nc2ccccc2O)c(=O)[nH]c1=O. The highest BCUT2D eigenvalue weighted by Gasteiger charge is 2.11. The molecule has 0 radical (unpaired) electrons. The number of aromatic nitrogens is 2. The summed E-state index contributed by atoms with van der Waals surface area (Å²) in [6, 6.07) is 6.11. The summed E-state index contributed by atoms with van der Waals surface area (Å²) in [5.74, 6) is -0.722. The van der Waals surface area contributed by atoms with E-state index in [9.17, 15) is 19.8 Å². The molecule has 1 aromatic heterocycles. The zero-order valence-electron chi connectivity index (χ0n) is 9.86. The maximum Gasteiger partial charge on any atom is 0.330 e. The Hall–Kier alpha value is -2.90. The van der Waals surface area contributed by atoms with Crippen molar-refractivity contribution in [2.45, 2.75) is 0 Å². The van der Waals surface area contributed by atoms with Crippen LogP contribution in [0.3, 0.4) is 0 Å². The van der Waals surface area contributed by atoms with Crippen molar-refractivity contribution in [1.82, 2.24) is 9.55 Å². The molecule has 0 atom stereocenters. The lowest BCUT2D eigenvalue weighted by Gasteiger charge is -2.02. The second-order valence-electron chi connectivity index (χ2n) is 3.68. The third-order valence-electron chi connectivity index (χ3n) is 2.41. The van der Waals surface area contributed by atoms with E-state index in [2.05, 4.69) is 10.2 Å². The summed E-state index contributed by atoms with van der Waals surface area (Å²) >= 11 is 0. The fraction of sp³-hybridized carbons (Fsp3) is 0.0909. The van der Waals surface area contributed by atoms with Crippen molar-refractivity contribution in [3.63, 3.8) is 0 Å².